The van der Waals surface area contributed by atoms with Gasteiger partial charge in [-0.1, -0.05) is 18.2 Å². The van der Waals surface area contributed by atoms with Crippen LogP contribution in [0.1, 0.15) is 31.7 Å². The van der Waals surface area contributed by atoms with E-state index in [2.05, 4.69) is 24.4 Å². The Morgan fingerprint density at radius 2 is 2.15 bits per heavy atom. The topological polar surface area (TPSA) is 30.5 Å². The largest absolute Gasteiger partial charge is 0.496 e. The highest BCUT2D eigenvalue weighted by Crippen LogP contribution is 2.28. The molecule has 0 spiro atoms. The molecule has 3 unspecified atom stereocenters. The molecule has 0 aliphatic carbocycles. The Morgan fingerprint density at radius 1 is 1.35 bits per heavy atom. The summed E-state index contributed by atoms with van der Waals surface area (Å²) >= 11 is 0. The van der Waals surface area contributed by atoms with Crippen LogP contribution in [-0.4, -0.2) is 32.9 Å². The molecule has 3 atom stereocenters. The van der Waals surface area contributed by atoms with E-state index in [9.17, 15) is 0 Å². The lowest BCUT2D eigenvalue weighted by molar-refractivity contribution is 0.0409. The predicted molar refractivity (Wildman–Crippen MR) is 82.3 cm³/mol. The number of benzene rings is 1. The van der Waals surface area contributed by atoms with E-state index in [0.717, 1.165) is 25.1 Å². The highest BCUT2D eigenvalue weighted by molar-refractivity contribution is 5.33. The molecule has 0 amide bonds. The number of hydrogen-bond donors (Lipinski definition) is 1. The van der Waals surface area contributed by atoms with E-state index in [1.807, 2.05) is 19.2 Å². The monoisotopic (exact) mass is 277 g/mol. The number of rotatable bonds is 7. The minimum atomic E-state index is 0.429. The molecule has 1 fully saturated rings. The maximum absolute atomic E-state index is 5.97. The second kappa shape index (κ2) is 7.65. The van der Waals surface area contributed by atoms with Gasteiger partial charge in [0, 0.05) is 0 Å². The summed E-state index contributed by atoms with van der Waals surface area (Å²) < 4.78 is 11.4. The van der Waals surface area contributed by atoms with Crippen LogP contribution >= 0.6 is 0 Å². The second-order valence-corrected chi connectivity index (χ2v) is 5.82. The normalized spacial score (nSPS) is 23.8. The van der Waals surface area contributed by atoms with Gasteiger partial charge in [0.05, 0.1) is 19.3 Å². The molecule has 0 radical (unpaired) electrons. The highest BCUT2D eigenvalue weighted by atomic mass is 16.5. The van der Waals surface area contributed by atoms with Crippen molar-refractivity contribution in [3.05, 3.63) is 29.8 Å². The van der Waals surface area contributed by atoms with Gasteiger partial charge in [-0.25, -0.2) is 0 Å². The first-order chi connectivity index (χ1) is 9.72. The van der Waals surface area contributed by atoms with Gasteiger partial charge in [0.2, 0.25) is 0 Å². The van der Waals surface area contributed by atoms with Crippen molar-refractivity contribution in [3.63, 3.8) is 0 Å². The fourth-order valence-corrected chi connectivity index (χ4v) is 3.14. The molecule has 1 saturated heterocycles. The van der Waals surface area contributed by atoms with Crippen LogP contribution in [0.4, 0.5) is 0 Å². The summed E-state index contributed by atoms with van der Waals surface area (Å²) in [6, 6.07) is 8.32. The van der Waals surface area contributed by atoms with Crippen molar-refractivity contribution < 1.29 is 9.47 Å². The molecule has 1 aromatic carbocycles. The van der Waals surface area contributed by atoms with Crippen LogP contribution in [0.5, 0.6) is 5.75 Å². The summed E-state index contributed by atoms with van der Waals surface area (Å²) in [4.78, 5) is 0. The third kappa shape index (κ3) is 4.22. The van der Waals surface area contributed by atoms with Gasteiger partial charge in [-0.3, -0.25) is 0 Å². The van der Waals surface area contributed by atoms with E-state index >= 15 is 0 Å². The predicted octanol–water partition coefficient (Wildman–Crippen LogP) is 3.03. The van der Waals surface area contributed by atoms with Crippen LogP contribution in [0, 0.1) is 5.92 Å². The van der Waals surface area contributed by atoms with Crippen molar-refractivity contribution in [2.75, 3.05) is 20.7 Å². The maximum atomic E-state index is 5.97. The Hall–Kier alpha value is -1.06. The van der Waals surface area contributed by atoms with Crippen LogP contribution in [0.15, 0.2) is 24.3 Å². The van der Waals surface area contributed by atoms with E-state index in [1.165, 1.54) is 18.4 Å². The van der Waals surface area contributed by atoms with Gasteiger partial charge in [-0.05, 0) is 63.7 Å². The first-order valence-corrected chi connectivity index (χ1v) is 7.65. The minimum absolute atomic E-state index is 0.429. The molecule has 1 aromatic rings. The highest BCUT2D eigenvalue weighted by Gasteiger charge is 2.25. The van der Waals surface area contributed by atoms with Crippen molar-refractivity contribution in [2.24, 2.45) is 5.92 Å². The smallest absolute Gasteiger partial charge is 0.122 e. The average molecular weight is 277 g/mol. The molecule has 3 heteroatoms. The van der Waals surface area contributed by atoms with Gasteiger partial charge in [0.15, 0.2) is 0 Å². The molecule has 1 heterocycles. The fourth-order valence-electron chi connectivity index (χ4n) is 3.14. The van der Waals surface area contributed by atoms with E-state index in [0.29, 0.717) is 18.1 Å². The van der Waals surface area contributed by atoms with Crippen LogP contribution in [-0.2, 0) is 11.2 Å². The first kappa shape index (κ1) is 15.3. The van der Waals surface area contributed by atoms with Crippen LogP contribution in [0.25, 0.3) is 0 Å². The average Bonchev–Trinajstić information content (AvgIpc) is 2.85. The number of nitrogens with one attached hydrogen (secondary N) is 1. The lowest BCUT2D eigenvalue weighted by Gasteiger charge is -2.21. The van der Waals surface area contributed by atoms with Gasteiger partial charge in [0.25, 0.3) is 0 Å². The van der Waals surface area contributed by atoms with E-state index in [4.69, 9.17) is 9.47 Å². The number of para-hydroxylation sites is 1. The minimum Gasteiger partial charge on any atom is -0.496 e. The molecule has 3 nitrogen and oxygen atoms in total. The number of ether oxygens (including phenoxy) is 2. The molecule has 0 aromatic heterocycles. The zero-order valence-corrected chi connectivity index (χ0v) is 12.9. The van der Waals surface area contributed by atoms with Crippen molar-refractivity contribution in [1.82, 2.24) is 5.32 Å². The molecule has 20 heavy (non-hydrogen) atoms. The van der Waals surface area contributed by atoms with Gasteiger partial charge in [0.1, 0.15) is 5.75 Å². The molecule has 1 N–H and O–H groups in total. The Kier molecular flexibility index (Phi) is 5.86. The van der Waals surface area contributed by atoms with Gasteiger partial charge >= 0.3 is 0 Å². The fraction of sp³-hybridized carbons (Fsp3) is 0.647. The molecule has 1 aliphatic rings. The standard InChI is InChI=1S/C17H27NO2/c1-13-8-9-16(20-13)11-14(12-18-2)10-15-6-4-5-7-17(15)19-3/h4-7,13-14,16,18H,8-12H2,1-3H3. The summed E-state index contributed by atoms with van der Waals surface area (Å²) in [5, 5.41) is 3.31. The molecule has 0 bridgehead atoms. The molecule has 1 aliphatic heterocycles. The van der Waals surface area contributed by atoms with E-state index in [1.54, 1.807) is 7.11 Å². The lowest BCUT2D eigenvalue weighted by atomic mass is 9.92. The molecule has 0 saturated carbocycles. The van der Waals surface area contributed by atoms with Gasteiger partial charge < -0.3 is 14.8 Å². The quantitative estimate of drug-likeness (QED) is 0.831. The lowest BCUT2D eigenvalue weighted by Crippen LogP contribution is -2.25. The summed E-state index contributed by atoms with van der Waals surface area (Å²) in [6.07, 6.45) is 5.43. The van der Waals surface area contributed by atoms with Crippen molar-refractivity contribution in [3.8, 4) is 5.75 Å². The Balaban J connectivity index is 1.97. The van der Waals surface area contributed by atoms with Crippen molar-refractivity contribution >= 4 is 0 Å². The third-order valence-corrected chi connectivity index (χ3v) is 4.11. The molecule has 112 valence electrons. The van der Waals surface area contributed by atoms with Gasteiger partial charge in [-0.2, -0.15) is 0 Å². The summed E-state index contributed by atoms with van der Waals surface area (Å²) in [5.41, 5.74) is 1.29. The summed E-state index contributed by atoms with van der Waals surface area (Å²) in [5.74, 6) is 1.58. The van der Waals surface area contributed by atoms with Crippen molar-refractivity contribution in [1.29, 1.82) is 0 Å². The SMILES string of the molecule is CNCC(Cc1ccccc1OC)CC1CCC(C)O1. The summed E-state index contributed by atoms with van der Waals surface area (Å²) in [6.45, 7) is 3.19. The Morgan fingerprint density at radius 3 is 2.80 bits per heavy atom. The Labute approximate surface area is 122 Å². The summed E-state index contributed by atoms with van der Waals surface area (Å²) in [7, 11) is 3.76. The van der Waals surface area contributed by atoms with E-state index in [-0.39, 0.29) is 0 Å². The number of hydrogen-bond acceptors (Lipinski definition) is 3. The van der Waals surface area contributed by atoms with Crippen LogP contribution in [0.3, 0.4) is 0 Å². The number of methoxy groups -OCH3 is 1. The second-order valence-electron chi connectivity index (χ2n) is 5.82. The van der Waals surface area contributed by atoms with Crippen LogP contribution in [0.2, 0.25) is 0 Å². The third-order valence-electron chi connectivity index (χ3n) is 4.11. The zero-order chi connectivity index (χ0) is 14.4. The van der Waals surface area contributed by atoms with E-state index < -0.39 is 0 Å². The Bertz CT molecular complexity index is 408. The van der Waals surface area contributed by atoms with Crippen LogP contribution < -0.4 is 10.1 Å². The molecular weight excluding hydrogens is 250 g/mol. The molecule has 2 rings (SSSR count). The van der Waals surface area contributed by atoms with Crippen molar-refractivity contribution in [2.45, 2.75) is 44.8 Å². The maximum Gasteiger partial charge on any atom is 0.122 e. The first-order valence-electron chi connectivity index (χ1n) is 7.65. The zero-order valence-electron chi connectivity index (χ0n) is 12.9. The van der Waals surface area contributed by atoms with Gasteiger partial charge in [-0.15, -0.1) is 0 Å². The molecular formula is C17H27NO2.